The van der Waals surface area contributed by atoms with E-state index in [1.165, 1.54) is 6.07 Å². The van der Waals surface area contributed by atoms with Crippen molar-refractivity contribution in [3.8, 4) is 23.1 Å². The van der Waals surface area contributed by atoms with Crippen LogP contribution in [0.5, 0.6) is 5.88 Å². The van der Waals surface area contributed by atoms with Gasteiger partial charge in [-0.15, -0.1) is 0 Å². The number of nitrogens with one attached hydrogen (secondary N) is 3. The molecule has 0 atom stereocenters. The van der Waals surface area contributed by atoms with Crippen LogP contribution in [0.3, 0.4) is 0 Å². The van der Waals surface area contributed by atoms with Crippen LogP contribution in [-0.4, -0.2) is 20.1 Å². The molecule has 3 aromatic rings. The summed E-state index contributed by atoms with van der Waals surface area (Å²) >= 11 is 0. The van der Waals surface area contributed by atoms with E-state index in [9.17, 15) is 14.7 Å². The molecule has 98 valence electrons. The number of rotatable bonds is 1. The fraction of sp³-hybridized carbons (Fsp3) is 0. The zero-order valence-corrected chi connectivity index (χ0v) is 10.0. The van der Waals surface area contributed by atoms with Crippen LogP contribution in [0.4, 0.5) is 0 Å². The third-order valence-electron chi connectivity index (χ3n) is 2.96. The second kappa shape index (κ2) is 4.13. The first-order chi connectivity index (χ1) is 9.58. The van der Waals surface area contributed by atoms with Gasteiger partial charge in [-0.2, -0.15) is 5.26 Å². The number of imidazole rings is 1. The molecule has 0 saturated heterocycles. The fourth-order valence-electron chi connectivity index (χ4n) is 2.09. The van der Waals surface area contributed by atoms with Crippen molar-refractivity contribution in [2.24, 2.45) is 0 Å². The monoisotopic (exact) mass is 268 g/mol. The molecule has 7 nitrogen and oxygen atoms in total. The quantitative estimate of drug-likeness (QED) is 0.520. The number of aromatic amines is 3. The van der Waals surface area contributed by atoms with Gasteiger partial charge >= 0.3 is 5.69 Å². The van der Waals surface area contributed by atoms with E-state index in [1.807, 2.05) is 6.07 Å². The second-order valence-corrected chi connectivity index (χ2v) is 4.22. The zero-order valence-electron chi connectivity index (χ0n) is 10.0. The number of fused-ring (bicyclic) bond motifs is 1. The first-order valence-corrected chi connectivity index (χ1v) is 5.67. The lowest BCUT2D eigenvalue weighted by atomic mass is 10.0. The summed E-state index contributed by atoms with van der Waals surface area (Å²) in [4.78, 5) is 30.0. The maximum absolute atomic E-state index is 11.4. The molecule has 0 radical (unpaired) electrons. The Morgan fingerprint density at radius 1 is 1.05 bits per heavy atom. The van der Waals surface area contributed by atoms with Crippen LogP contribution in [0.25, 0.3) is 22.2 Å². The Bertz CT molecular complexity index is 972. The fourth-order valence-corrected chi connectivity index (χ4v) is 2.09. The lowest BCUT2D eigenvalue weighted by Crippen LogP contribution is -2.06. The van der Waals surface area contributed by atoms with Gasteiger partial charge in [0, 0.05) is 11.6 Å². The SMILES string of the molecule is N#Cc1c(-c2ccc3[nH]c(=O)[nH]c3c2)cc(=O)[nH]c1O. The van der Waals surface area contributed by atoms with Crippen molar-refractivity contribution in [1.29, 1.82) is 5.26 Å². The maximum atomic E-state index is 11.4. The summed E-state index contributed by atoms with van der Waals surface area (Å²) in [5, 5.41) is 18.7. The van der Waals surface area contributed by atoms with E-state index in [0.29, 0.717) is 22.2 Å². The topological polar surface area (TPSA) is 126 Å². The molecule has 0 fully saturated rings. The van der Waals surface area contributed by atoms with Gasteiger partial charge in [-0.3, -0.25) is 9.78 Å². The van der Waals surface area contributed by atoms with E-state index in [1.54, 1.807) is 18.2 Å². The van der Waals surface area contributed by atoms with E-state index < -0.39 is 11.4 Å². The Morgan fingerprint density at radius 3 is 2.55 bits per heavy atom. The van der Waals surface area contributed by atoms with E-state index in [-0.39, 0.29) is 11.3 Å². The van der Waals surface area contributed by atoms with Crippen LogP contribution in [0.2, 0.25) is 0 Å². The van der Waals surface area contributed by atoms with Gasteiger partial charge in [0.1, 0.15) is 11.6 Å². The van der Waals surface area contributed by atoms with Crippen LogP contribution in [0.1, 0.15) is 5.56 Å². The highest BCUT2D eigenvalue weighted by molar-refractivity contribution is 5.83. The van der Waals surface area contributed by atoms with E-state index in [4.69, 9.17) is 5.26 Å². The van der Waals surface area contributed by atoms with Crippen molar-refractivity contribution in [1.82, 2.24) is 15.0 Å². The number of nitrogens with zero attached hydrogens (tertiary/aromatic N) is 1. The van der Waals surface area contributed by atoms with Gasteiger partial charge in [0.15, 0.2) is 0 Å². The van der Waals surface area contributed by atoms with Crippen molar-refractivity contribution in [2.45, 2.75) is 0 Å². The van der Waals surface area contributed by atoms with Crippen molar-refractivity contribution < 1.29 is 5.11 Å². The molecule has 20 heavy (non-hydrogen) atoms. The highest BCUT2D eigenvalue weighted by Gasteiger charge is 2.12. The summed E-state index contributed by atoms with van der Waals surface area (Å²) in [7, 11) is 0. The van der Waals surface area contributed by atoms with Crippen molar-refractivity contribution in [3.63, 3.8) is 0 Å². The van der Waals surface area contributed by atoms with Gasteiger partial charge in [-0.1, -0.05) is 6.07 Å². The van der Waals surface area contributed by atoms with E-state index in [2.05, 4.69) is 15.0 Å². The summed E-state index contributed by atoms with van der Waals surface area (Å²) < 4.78 is 0. The summed E-state index contributed by atoms with van der Waals surface area (Å²) in [6.07, 6.45) is 0. The van der Waals surface area contributed by atoms with Crippen molar-refractivity contribution >= 4 is 11.0 Å². The number of aromatic nitrogens is 3. The lowest BCUT2D eigenvalue weighted by Gasteiger charge is -2.05. The number of H-pyrrole nitrogens is 3. The summed E-state index contributed by atoms with van der Waals surface area (Å²) in [6, 6.07) is 8.01. The highest BCUT2D eigenvalue weighted by Crippen LogP contribution is 2.27. The van der Waals surface area contributed by atoms with Crippen molar-refractivity contribution in [2.75, 3.05) is 0 Å². The predicted molar refractivity (Wildman–Crippen MR) is 71.4 cm³/mol. The summed E-state index contributed by atoms with van der Waals surface area (Å²) in [6.45, 7) is 0. The molecule has 0 amide bonds. The molecule has 4 N–H and O–H groups in total. The number of aromatic hydroxyl groups is 1. The minimum atomic E-state index is -0.515. The second-order valence-electron chi connectivity index (χ2n) is 4.22. The number of nitriles is 1. The average Bonchev–Trinajstić information content (AvgIpc) is 2.76. The molecular formula is C13H8N4O3. The van der Waals surface area contributed by atoms with Gasteiger partial charge in [0.05, 0.1) is 11.0 Å². The van der Waals surface area contributed by atoms with Crippen LogP contribution >= 0.6 is 0 Å². The third-order valence-corrected chi connectivity index (χ3v) is 2.96. The van der Waals surface area contributed by atoms with Crippen LogP contribution in [-0.2, 0) is 0 Å². The minimum absolute atomic E-state index is 0.0261. The largest absolute Gasteiger partial charge is 0.494 e. The summed E-state index contributed by atoms with van der Waals surface area (Å²) in [5.41, 5.74) is 1.14. The standard InChI is InChI=1S/C13H8N4O3/c14-5-8-7(4-11(18)17-12(8)19)6-1-2-9-10(3-6)16-13(20)15-9/h1-4H,(H2,15,16,20)(H2,17,18,19). The van der Waals surface area contributed by atoms with E-state index >= 15 is 0 Å². The van der Waals surface area contributed by atoms with Gasteiger partial charge in [-0.05, 0) is 17.7 Å². The number of benzene rings is 1. The number of hydrogen-bond donors (Lipinski definition) is 4. The molecule has 0 aliphatic carbocycles. The molecule has 0 aliphatic rings. The minimum Gasteiger partial charge on any atom is -0.494 e. The molecule has 0 spiro atoms. The molecular weight excluding hydrogens is 260 g/mol. The Hall–Kier alpha value is -3.27. The number of hydrogen-bond acceptors (Lipinski definition) is 4. The molecule has 0 unspecified atom stereocenters. The molecule has 0 aliphatic heterocycles. The third kappa shape index (κ3) is 1.76. The van der Waals surface area contributed by atoms with Gasteiger partial charge in [0.25, 0.3) is 5.56 Å². The van der Waals surface area contributed by atoms with Crippen LogP contribution < -0.4 is 11.2 Å². The van der Waals surface area contributed by atoms with Crippen LogP contribution in [0, 0.1) is 11.3 Å². The molecule has 2 aromatic heterocycles. The molecule has 0 saturated carbocycles. The normalized spacial score (nSPS) is 10.6. The first kappa shape index (κ1) is 11.8. The molecule has 1 aromatic carbocycles. The highest BCUT2D eigenvalue weighted by atomic mass is 16.3. The smallest absolute Gasteiger partial charge is 0.323 e. The Labute approximate surface area is 111 Å². The Kier molecular flexibility index (Phi) is 2.44. The van der Waals surface area contributed by atoms with Gasteiger partial charge in [0.2, 0.25) is 5.88 Å². The van der Waals surface area contributed by atoms with Gasteiger partial charge in [-0.25, -0.2) is 4.79 Å². The molecule has 0 bridgehead atoms. The first-order valence-electron chi connectivity index (χ1n) is 5.67. The Morgan fingerprint density at radius 2 is 1.80 bits per heavy atom. The average molecular weight is 268 g/mol. The predicted octanol–water partition coefficient (Wildman–Crippen LogP) is 0.789. The van der Waals surface area contributed by atoms with Crippen molar-refractivity contribution in [3.05, 3.63) is 50.7 Å². The molecule has 3 rings (SSSR count). The lowest BCUT2D eigenvalue weighted by molar-refractivity contribution is 0.450. The van der Waals surface area contributed by atoms with Gasteiger partial charge < -0.3 is 15.1 Å². The molecule has 7 heteroatoms. The Balaban J connectivity index is 2.33. The molecule has 2 heterocycles. The van der Waals surface area contributed by atoms with E-state index in [0.717, 1.165) is 0 Å². The number of pyridine rings is 1. The summed E-state index contributed by atoms with van der Waals surface area (Å²) in [5.74, 6) is -0.474. The maximum Gasteiger partial charge on any atom is 0.323 e. The zero-order chi connectivity index (χ0) is 14.3. The van der Waals surface area contributed by atoms with Crippen LogP contribution in [0.15, 0.2) is 33.9 Å².